The van der Waals surface area contributed by atoms with E-state index in [1.165, 1.54) is 0 Å². The molecule has 3 nitrogen and oxygen atoms in total. The monoisotopic (exact) mass is 232 g/mol. The van der Waals surface area contributed by atoms with Crippen molar-refractivity contribution in [1.29, 1.82) is 0 Å². The first-order valence-electron chi connectivity index (χ1n) is 6.41. The molecule has 1 aromatic carbocycles. The van der Waals surface area contributed by atoms with E-state index in [0.29, 0.717) is 6.42 Å². The van der Waals surface area contributed by atoms with Crippen LogP contribution in [0.2, 0.25) is 0 Å². The summed E-state index contributed by atoms with van der Waals surface area (Å²) in [5.74, 6) is 0.228. The summed E-state index contributed by atoms with van der Waals surface area (Å²) in [5, 5.41) is 0. The lowest BCUT2D eigenvalue weighted by molar-refractivity contribution is -0.118. The number of aryl methyl sites for hydroxylation is 1. The van der Waals surface area contributed by atoms with Crippen LogP contribution in [0, 0.1) is 0 Å². The predicted octanol–water partition coefficient (Wildman–Crippen LogP) is 2.74. The van der Waals surface area contributed by atoms with Crippen LogP contribution in [0.3, 0.4) is 0 Å². The van der Waals surface area contributed by atoms with Crippen LogP contribution in [0.4, 0.5) is 11.4 Å². The summed E-state index contributed by atoms with van der Waals surface area (Å²) in [4.78, 5) is 13.8. The summed E-state index contributed by atoms with van der Waals surface area (Å²) in [6.45, 7) is 2.91. The first-order chi connectivity index (χ1) is 8.22. The van der Waals surface area contributed by atoms with E-state index in [0.717, 1.165) is 49.2 Å². The Morgan fingerprint density at radius 3 is 2.82 bits per heavy atom. The summed E-state index contributed by atoms with van der Waals surface area (Å²) in [5.41, 5.74) is 8.88. The van der Waals surface area contributed by atoms with Gasteiger partial charge in [0.15, 0.2) is 0 Å². The van der Waals surface area contributed by atoms with E-state index in [9.17, 15) is 4.79 Å². The van der Waals surface area contributed by atoms with Gasteiger partial charge in [0, 0.05) is 24.3 Å². The number of rotatable bonds is 2. The molecule has 0 saturated carbocycles. The van der Waals surface area contributed by atoms with Gasteiger partial charge in [-0.25, -0.2) is 0 Å². The zero-order valence-corrected chi connectivity index (χ0v) is 10.4. The second-order valence-corrected chi connectivity index (χ2v) is 4.59. The number of hydrogen-bond acceptors (Lipinski definition) is 2. The minimum Gasteiger partial charge on any atom is -0.398 e. The van der Waals surface area contributed by atoms with E-state index in [4.69, 9.17) is 5.73 Å². The van der Waals surface area contributed by atoms with Gasteiger partial charge in [-0.05, 0) is 37.0 Å². The summed E-state index contributed by atoms with van der Waals surface area (Å²) < 4.78 is 0. The van der Waals surface area contributed by atoms with Gasteiger partial charge in [0.2, 0.25) is 5.91 Å². The number of benzene rings is 1. The zero-order chi connectivity index (χ0) is 12.3. The Morgan fingerprint density at radius 1 is 1.29 bits per heavy atom. The molecule has 1 fully saturated rings. The normalized spacial score (nSPS) is 17.0. The van der Waals surface area contributed by atoms with Gasteiger partial charge in [0.1, 0.15) is 0 Å². The van der Waals surface area contributed by atoms with Gasteiger partial charge in [-0.2, -0.15) is 0 Å². The summed E-state index contributed by atoms with van der Waals surface area (Å²) >= 11 is 0. The molecule has 1 amide bonds. The predicted molar refractivity (Wildman–Crippen MR) is 71.1 cm³/mol. The Morgan fingerprint density at radius 2 is 2.12 bits per heavy atom. The lowest BCUT2D eigenvalue weighted by atomic mass is 10.1. The van der Waals surface area contributed by atoms with E-state index in [-0.39, 0.29) is 5.91 Å². The Balaban J connectivity index is 2.26. The van der Waals surface area contributed by atoms with Crippen LogP contribution in [-0.4, -0.2) is 12.5 Å². The molecule has 1 aliphatic rings. The average molecular weight is 232 g/mol. The molecule has 1 saturated heterocycles. The Labute approximate surface area is 103 Å². The third-order valence-electron chi connectivity index (χ3n) is 3.40. The van der Waals surface area contributed by atoms with Crippen molar-refractivity contribution in [3.8, 4) is 0 Å². The number of anilines is 2. The highest BCUT2D eigenvalue weighted by molar-refractivity contribution is 5.94. The van der Waals surface area contributed by atoms with E-state index < -0.39 is 0 Å². The molecule has 1 heterocycles. The minimum atomic E-state index is 0.228. The fraction of sp³-hybridized carbons (Fsp3) is 0.500. The molecular weight excluding hydrogens is 212 g/mol. The van der Waals surface area contributed by atoms with Crippen molar-refractivity contribution in [3.63, 3.8) is 0 Å². The number of amides is 1. The van der Waals surface area contributed by atoms with Gasteiger partial charge < -0.3 is 10.6 Å². The summed E-state index contributed by atoms with van der Waals surface area (Å²) in [7, 11) is 0. The van der Waals surface area contributed by atoms with Crippen LogP contribution in [-0.2, 0) is 11.2 Å². The van der Waals surface area contributed by atoms with Crippen molar-refractivity contribution in [1.82, 2.24) is 0 Å². The van der Waals surface area contributed by atoms with Crippen molar-refractivity contribution in [2.45, 2.75) is 39.0 Å². The lowest BCUT2D eigenvalue weighted by Gasteiger charge is -2.21. The quantitative estimate of drug-likeness (QED) is 0.797. The van der Waals surface area contributed by atoms with Crippen LogP contribution in [0.1, 0.15) is 38.2 Å². The Hall–Kier alpha value is -1.51. The van der Waals surface area contributed by atoms with Crippen LogP contribution in [0.5, 0.6) is 0 Å². The standard InChI is InChI=1S/C14H20N2O/c1-2-11-7-8-12(10-13(11)15)16-9-5-3-4-6-14(16)17/h7-8,10H,2-6,9,15H2,1H3. The van der Waals surface area contributed by atoms with Gasteiger partial charge in [0.05, 0.1) is 0 Å². The van der Waals surface area contributed by atoms with E-state index in [1.54, 1.807) is 0 Å². The molecule has 0 spiro atoms. The first kappa shape index (κ1) is 12.0. The zero-order valence-electron chi connectivity index (χ0n) is 10.4. The summed E-state index contributed by atoms with van der Waals surface area (Å²) in [6, 6.07) is 5.98. The maximum absolute atomic E-state index is 12.0. The van der Waals surface area contributed by atoms with Gasteiger partial charge in [-0.1, -0.05) is 19.4 Å². The number of hydrogen-bond donors (Lipinski definition) is 1. The molecule has 92 valence electrons. The van der Waals surface area contributed by atoms with Crippen molar-refractivity contribution < 1.29 is 4.79 Å². The van der Waals surface area contributed by atoms with E-state index in [1.807, 2.05) is 23.1 Å². The highest BCUT2D eigenvalue weighted by Crippen LogP contribution is 2.25. The molecule has 2 rings (SSSR count). The smallest absolute Gasteiger partial charge is 0.226 e. The van der Waals surface area contributed by atoms with Gasteiger partial charge in [-0.3, -0.25) is 4.79 Å². The maximum atomic E-state index is 12.0. The van der Waals surface area contributed by atoms with Crippen molar-refractivity contribution in [2.75, 3.05) is 17.2 Å². The molecule has 0 bridgehead atoms. The molecule has 3 heteroatoms. The SMILES string of the molecule is CCc1ccc(N2CCCCCC2=O)cc1N. The molecule has 0 aliphatic carbocycles. The second-order valence-electron chi connectivity index (χ2n) is 4.59. The molecule has 17 heavy (non-hydrogen) atoms. The third kappa shape index (κ3) is 2.60. The van der Waals surface area contributed by atoms with E-state index in [2.05, 4.69) is 6.92 Å². The molecule has 0 aromatic heterocycles. The second kappa shape index (κ2) is 5.21. The number of carbonyl (C=O) groups is 1. The fourth-order valence-corrected chi connectivity index (χ4v) is 2.33. The van der Waals surface area contributed by atoms with Crippen LogP contribution in [0.15, 0.2) is 18.2 Å². The van der Waals surface area contributed by atoms with Gasteiger partial charge in [0.25, 0.3) is 0 Å². The van der Waals surface area contributed by atoms with Crippen molar-refractivity contribution in [2.24, 2.45) is 0 Å². The van der Waals surface area contributed by atoms with Crippen LogP contribution < -0.4 is 10.6 Å². The highest BCUT2D eigenvalue weighted by atomic mass is 16.2. The first-order valence-corrected chi connectivity index (χ1v) is 6.41. The largest absolute Gasteiger partial charge is 0.398 e. The maximum Gasteiger partial charge on any atom is 0.226 e. The van der Waals surface area contributed by atoms with E-state index >= 15 is 0 Å². The van der Waals surface area contributed by atoms with Gasteiger partial charge in [-0.15, -0.1) is 0 Å². The number of carbonyl (C=O) groups excluding carboxylic acids is 1. The lowest BCUT2D eigenvalue weighted by Crippen LogP contribution is -2.30. The number of nitrogens with zero attached hydrogens (tertiary/aromatic N) is 1. The third-order valence-corrected chi connectivity index (χ3v) is 3.40. The summed E-state index contributed by atoms with van der Waals surface area (Å²) in [6.07, 6.45) is 4.83. The molecule has 0 radical (unpaired) electrons. The Kier molecular flexibility index (Phi) is 3.67. The molecule has 2 N–H and O–H groups in total. The molecule has 1 aromatic rings. The molecular formula is C14H20N2O. The minimum absolute atomic E-state index is 0.228. The van der Waals surface area contributed by atoms with Crippen molar-refractivity contribution >= 4 is 17.3 Å². The number of nitrogens with two attached hydrogens (primary N) is 1. The molecule has 0 atom stereocenters. The highest BCUT2D eigenvalue weighted by Gasteiger charge is 2.18. The van der Waals surface area contributed by atoms with Crippen molar-refractivity contribution in [3.05, 3.63) is 23.8 Å². The van der Waals surface area contributed by atoms with Crippen LogP contribution in [0.25, 0.3) is 0 Å². The average Bonchev–Trinajstić information content (AvgIpc) is 2.54. The molecule has 1 aliphatic heterocycles. The van der Waals surface area contributed by atoms with Crippen LogP contribution >= 0.6 is 0 Å². The fourth-order valence-electron chi connectivity index (χ4n) is 2.33. The van der Waals surface area contributed by atoms with Gasteiger partial charge >= 0.3 is 0 Å². The Bertz CT molecular complexity index is 415. The number of nitrogen functional groups attached to an aromatic ring is 1. The molecule has 0 unspecified atom stereocenters. The topological polar surface area (TPSA) is 46.3 Å².